The molecule has 1 saturated heterocycles. The van der Waals surface area contributed by atoms with Crippen molar-refractivity contribution in [2.45, 2.75) is 12.8 Å². The molecule has 1 rings (SSSR count). The summed E-state index contributed by atoms with van der Waals surface area (Å²) in [4.78, 5) is 0. The highest BCUT2D eigenvalue weighted by atomic mass is 32.2. The molecule has 1 aliphatic rings. The molecule has 3 nitrogen and oxygen atoms in total. The van der Waals surface area contributed by atoms with Crippen molar-refractivity contribution in [1.82, 2.24) is 4.72 Å². The molecule has 1 aliphatic heterocycles. The maximum atomic E-state index is 10.5. The third-order valence-corrected chi connectivity index (χ3v) is 2.48. The summed E-state index contributed by atoms with van der Waals surface area (Å²) in [5, 5.41) is 0. The number of hydrogen-bond acceptors (Lipinski definition) is 2. The average Bonchev–Trinajstić information content (AvgIpc) is 1.65. The van der Waals surface area contributed by atoms with Crippen LogP contribution in [0.1, 0.15) is 12.8 Å². The van der Waals surface area contributed by atoms with Gasteiger partial charge in [-0.05, 0) is 12.8 Å². The predicted octanol–water partition coefficient (Wildman–Crippen LogP) is -0.286. The van der Waals surface area contributed by atoms with E-state index >= 15 is 0 Å². The summed E-state index contributed by atoms with van der Waals surface area (Å²) in [6.07, 6.45) is 1.71. The Kier molecular flexibility index (Phi) is 1.53. The van der Waals surface area contributed by atoms with Crippen LogP contribution in [0, 0.1) is 0 Å². The number of nitrogens with zero attached hydrogens (tertiary/aromatic N) is 1. The summed E-state index contributed by atoms with van der Waals surface area (Å²) in [7, 11) is -2.96. The van der Waals surface area contributed by atoms with Crippen LogP contribution in [0.15, 0.2) is 0 Å². The van der Waals surface area contributed by atoms with Crippen LogP contribution in [0.2, 0.25) is 0 Å². The number of sulfonamides is 1. The second-order valence-electron chi connectivity index (χ2n) is 1.85. The fourth-order valence-electron chi connectivity index (χ4n) is 0.664. The molecule has 1 heterocycles. The maximum Gasteiger partial charge on any atom is 0.227 e. The minimum atomic E-state index is -2.96. The minimum absolute atomic E-state index is 0.257. The lowest BCUT2D eigenvalue weighted by Crippen LogP contribution is -2.25. The molecule has 0 unspecified atom stereocenters. The van der Waals surface area contributed by atoms with E-state index in [-0.39, 0.29) is 5.75 Å². The summed E-state index contributed by atoms with van der Waals surface area (Å²) in [5.74, 6) is 0.257. The molecule has 0 aromatic rings. The molecule has 0 aromatic heterocycles. The third kappa shape index (κ3) is 1.45. The van der Waals surface area contributed by atoms with Gasteiger partial charge in [-0.25, -0.2) is 8.42 Å². The molecular weight excluding hydrogens is 126 g/mol. The van der Waals surface area contributed by atoms with Crippen LogP contribution in [-0.4, -0.2) is 20.7 Å². The van der Waals surface area contributed by atoms with Crippen molar-refractivity contribution in [3.63, 3.8) is 0 Å². The van der Waals surface area contributed by atoms with Gasteiger partial charge in [0, 0.05) is 6.54 Å². The molecule has 47 valence electrons. The van der Waals surface area contributed by atoms with E-state index in [0.717, 1.165) is 12.8 Å². The second-order valence-corrected chi connectivity index (χ2v) is 3.68. The molecule has 1 fully saturated rings. The van der Waals surface area contributed by atoms with Crippen molar-refractivity contribution < 1.29 is 8.42 Å². The molecule has 1 radical (unpaired) electrons. The average molecular weight is 134 g/mol. The van der Waals surface area contributed by atoms with E-state index in [0.29, 0.717) is 6.54 Å². The molecule has 0 atom stereocenters. The van der Waals surface area contributed by atoms with E-state index in [1.54, 1.807) is 0 Å². The standard InChI is InChI=1S/C4H8NO2S/c6-8(7)4-2-1-3-5-8/h1-4H2. The molecule has 0 saturated carbocycles. The van der Waals surface area contributed by atoms with Crippen molar-refractivity contribution in [2.24, 2.45) is 0 Å². The smallest absolute Gasteiger partial charge is 0.211 e. The molecule has 4 heteroatoms. The SMILES string of the molecule is O=S1(=O)CCCC[N]1. The van der Waals surface area contributed by atoms with Gasteiger partial charge in [-0.2, -0.15) is 0 Å². The quantitative estimate of drug-likeness (QED) is 0.457. The summed E-state index contributed by atoms with van der Waals surface area (Å²) in [6, 6.07) is 0. The summed E-state index contributed by atoms with van der Waals surface area (Å²) in [5.41, 5.74) is 0. The Labute approximate surface area is 49.1 Å². The van der Waals surface area contributed by atoms with Crippen molar-refractivity contribution in [3.8, 4) is 0 Å². The first kappa shape index (κ1) is 6.04. The van der Waals surface area contributed by atoms with Gasteiger partial charge in [0.1, 0.15) is 0 Å². The van der Waals surface area contributed by atoms with E-state index in [1.807, 2.05) is 0 Å². The fraction of sp³-hybridized carbons (Fsp3) is 1.00. The van der Waals surface area contributed by atoms with Crippen LogP contribution in [0.4, 0.5) is 0 Å². The van der Waals surface area contributed by atoms with Crippen LogP contribution < -0.4 is 4.72 Å². The first-order chi connectivity index (χ1) is 3.71. The van der Waals surface area contributed by atoms with Crippen molar-refractivity contribution in [3.05, 3.63) is 0 Å². The Balaban J connectivity index is 2.58. The zero-order valence-electron chi connectivity index (χ0n) is 4.50. The second kappa shape index (κ2) is 2.03. The maximum absolute atomic E-state index is 10.5. The Morgan fingerprint density at radius 3 is 2.25 bits per heavy atom. The van der Waals surface area contributed by atoms with Gasteiger partial charge in [-0.3, -0.25) is 0 Å². The van der Waals surface area contributed by atoms with Crippen molar-refractivity contribution in [2.75, 3.05) is 12.3 Å². The van der Waals surface area contributed by atoms with Crippen molar-refractivity contribution in [1.29, 1.82) is 0 Å². The summed E-state index contributed by atoms with van der Waals surface area (Å²) < 4.78 is 24.4. The topological polar surface area (TPSA) is 48.2 Å². The lowest BCUT2D eigenvalue weighted by Gasteiger charge is -2.08. The molecule has 0 spiro atoms. The van der Waals surface area contributed by atoms with Gasteiger partial charge < -0.3 is 0 Å². The van der Waals surface area contributed by atoms with E-state index in [1.165, 1.54) is 0 Å². The van der Waals surface area contributed by atoms with Gasteiger partial charge >= 0.3 is 0 Å². The first-order valence-electron chi connectivity index (χ1n) is 2.62. The zero-order chi connectivity index (χ0) is 6.04. The highest BCUT2D eigenvalue weighted by molar-refractivity contribution is 7.89. The zero-order valence-corrected chi connectivity index (χ0v) is 5.32. The molecular formula is C4H8NO2S. The fourth-order valence-corrected chi connectivity index (χ4v) is 1.77. The van der Waals surface area contributed by atoms with Crippen molar-refractivity contribution >= 4 is 10.0 Å². The van der Waals surface area contributed by atoms with Crippen LogP contribution in [0.3, 0.4) is 0 Å². The lowest BCUT2D eigenvalue weighted by atomic mass is 10.3. The molecule has 0 aliphatic carbocycles. The normalized spacial score (nSPS) is 27.5. The monoisotopic (exact) mass is 134 g/mol. The van der Waals surface area contributed by atoms with Crippen LogP contribution in [-0.2, 0) is 10.0 Å². The third-order valence-electron chi connectivity index (χ3n) is 1.10. The highest BCUT2D eigenvalue weighted by Crippen LogP contribution is 2.01. The molecule has 0 aromatic carbocycles. The van der Waals surface area contributed by atoms with Gasteiger partial charge in [-0.15, -0.1) is 4.72 Å². The Morgan fingerprint density at radius 1 is 1.25 bits per heavy atom. The van der Waals surface area contributed by atoms with Gasteiger partial charge in [0.25, 0.3) is 0 Å². The van der Waals surface area contributed by atoms with Gasteiger partial charge in [0.15, 0.2) is 0 Å². The van der Waals surface area contributed by atoms with Crippen LogP contribution in [0.5, 0.6) is 0 Å². The lowest BCUT2D eigenvalue weighted by molar-refractivity contribution is 0.558. The molecule has 0 bridgehead atoms. The molecule has 0 amide bonds. The Morgan fingerprint density at radius 2 is 2.00 bits per heavy atom. The Hall–Kier alpha value is -0.0900. The summed E-state index contributed by atoms with van der Waals surface area (Å²) >= 11 is 0. The van der Waals surface area contributed by atoms with Gasteiger partial charge in [-0.1, -0.05) is 0 Å². The van der Waals surface area contributed by atoms with E-state index in [9.17, 15) is 8.42 Å². The van der Waals surface area contributed by atoms with E-state index < -0.39 is 10.0 Å². The largest absolute Gasteiger partial charge is 0.227 e. The minimum Gasteiger partial charge on any atom is -0.211 e. The predicted molar refractivity (Wildman–Crippen MR) is 30.0 cm³/mol. The van der Waals surface area contributed by atoms with Crippen LogP contribution >= 0.6 is 0 Å². The highest BCUT2D eigenvalue weighted by Gasteiger charge is 2.14. The number of hydrogen-bond donors (Lipinski definition) is 0. The Bertz CT molecular complexity index is 149. The van der Waals surface area contributed by atoms with E-state index in [4.69, 9.17) is 0 Å². The van der Waals surface area contributed by atoms with E-state index in [2.05, 4.69) is 4.72 Å². The van der Waals surface area contributed by atoms with Crippen LogP contribution in [0.25, 0.3) is 0 Å². The number of rotatable bonds is 0. The molecule has 8 heavy (non-hydrogen) atoms. The summed E-state index contributed by atoms with van der Waals surface area (Å²) in [6.45, 7) is 0.502. The molecule has 0 N–H and O–H groups in total. The van der Waals surface area contributed by atoms with Gasteiger partial charge in [0.2, 0.25) is 10.0 Å². The first-order valence-corrected chi connectivity index (χ1v) is 4.23. The van der Waals surface area contributed by atoms with Gasteiger partial charge in [0.05, 0.1) is 5.75 Å².